The van der Waals surface area contributed by atoms with Crippen LogP contribution in [0.5, 0.6) is 0 Å². The van der Waals surface area contributed by atoms with Crippen molar-refractivity contribution in [3.8, 4) is 0 Å². The van der Waals surface area contributed by atoms with Gasteiger partial charge in [0, 0.05) is 45.0 Å². The number of carbonyl (C=O) groups excluding carboxylic acids is 1. The van der Waals surface area contributed by atoms with E-state index in [1.165, 1.54) is 0 Å². The summed E-state index contributed by atoms with van der Waals surface area (Å²) in [5.74, 6) is 0.0135. The quantitative estimate of drug-likeness (QED) is 0.775. The van der Waals surface area contributed by atoms with Crippen LogP contribution in [-0.4, -0.2) is 45.8 Å². The third-order valence-corrected chi connectivity index (χ3v) is 3.25. The molecule has 0 aliphatic heterocycles. The average Bonchev–Trinajstić information content (AvgIpc) is 3.05. The molecule has 0 bridgehead atoms. The first kappa shape index (κ1) is 15.2. The fraction of sp³-hybridized carbons (Fsp3) is 0.400. The van der Waals surface area contributed by atoms with Gasteiger partial charge in [-0.25, -0.2) is 0 Å². The number of hydrogen-bond acceptors (Lipinski definition) is 4. The molecule has 0 aliphatic carbocycles. The van der Waals surface area contributed by atoms with Gasteiger partial charge in [0.1, 0.15) is 6.04 Å². The molecule has 2 heterocycles. The smallest absolute Gasteiger partial charge is 0.247 e. The molecule has 112 valence electrons. The normalized spacial score (nSPS) is 12.1. The minimum Gasteiger partial charge on any atom is -0.383 e. The highest BCUT2D eigenvalue weighted by molar-refractivity contribution is 5.80. The molecule has 1 unspecified atom stereocenters. The van der Waals surface area contributed by atoms with E-state index in [1.54, 1.807) is 41.5 Å². The summed E-state index contributed by atoms with van der Waals surface area (Å²) in [7, 11) is 1.63. The topological polar surface area (TPSA) is 60.2 Å². The van der Waals surface area contributed by atoms with Gasteiger partial charge in [0.05, 0.1) is 6.61 Å². The molecule has 0 saturated heterocycles. The van der Waals surface area contributed by atoms with E-state index in [2.05, 4.69) is 10.1 Å². The van der Waals surface area contributed by atoms with Gasteiger partial charge in [0.25, 0.3) is 0 Å². The van der Waals surface area contributed by atoms with E-state index >= 15 is 0 Å². The maximum atomic E-state index is 12.6. The highest BCUT2D eigenvalue weighted by Crippen LogP contribution is 2.12. The molecule has 0 spiro atoms. The minimum absolute atomic E-state index is 0.0135. The Morgan fingerprint density at radius 3 is 2.90 bits per heavy atom. The van der Waals surface area contributed by atoms with Crippen LogP contribution in [0, 0.1) is 0 Å². The Morgan fingerprint density at radius 1 is 1.43 bits per heavy atom. The van der Waals surface area contributed by atoms with Gasteiger partial charge in [0.15, 0.2) is 0 Å². The predicted octanol–water partition coefficient (Wildman–Crippen LogP) is 1.51. The lowest BCUT2D eigenvalue weighted by Gasteiger charge is -2.25. The van der Waals surface area contributed by atoms with Crippen molar-refractivity contribution in [1.29, 1.82) is 0 Å². The number of ether oxygens (including phenoxy) is 1. The van der Waals surface area contributed by atoms with Gasteiger partial charge in [-0.2, -0.15) is 5.10 Å². The second-order valence-electron chi connectivity index (χ2n) is 4.78. The van der Waals surface area contributed by atoms with Gasteiger partial charge in [-0.3, -0.25) is 14.5 Å². The molecule has 21 heavy (non-hydrogen) atoms. The van der Waals surface area contributed by atoms with Crippen LogP contribution in [0.15, 0.2) is 43.0 Å². The van der Waals surface area contributed by atoms with Crippen molar-refractivity contribution < 1.29 is 9.53 Å². The van der Waals surface area contributed by atoms with Gasteiger partial charge in [-0.1, -0.05) is 6.07 Å². The molecule has 0 radical (unpaired) electrons. The van der Waals surface area contributed by atoms with Crippen LogP contribution >= 0.6 is 0 Å². The summed E-state index contributed by atoms with van der Waals surface area (Å²) >= 11 is 0. The van der Waals surface area contributed by atoms with Gasteiger partial charge < -0.3 is 9.64 Å². The fourth-order valence-electron chi connectivity index (χ4n) is 2.07. The maximum absolute atomic E-state index is 12.6. The van der Waals surface area contributed by atoms with Crippen molar-refractivity contribution >= 4 is 5.91 Å². The lowest BCUT2D eigenvalue weighted by Crippen LogP contribution is -2.38. The standard InChI is InChI=1S/C15H20N4O2/c1-13(19-8-4-7-17-19)15(20)18(9-10-21-2)12-14-5-3-6-16-11-14/h3-8,11,13H,9-10,12H2,1-2H3. The Labute approximate surface area is 124 Å². The van der Waals surface area contributed by atoms with Crippen LogP contribution in [0.4, 0.5) is 0 Å². The van der Waals surface area contributed by atoms with Gasteiger partial charge in [-0.05, 0) is 24.6 Å². The number of hydrogen-bond donors (Lipinski definition) is 0. The Kier molecular flexibility index (Phi) is 5.45. The monoisotopic (exact) mass is 288 g/mol. The summed E-state index contributed by atoms with van der Waals surface area (Å²) in [6, 6.07) is 5.29. The Hall–Kier alpha value is -2.21. The van der Waals surface area contributed by atoms with Crippen molar-refractivity contribution in [3.63, 3.8) is 0 Å². The zero-order valence-corrected chi connectivity index (χ0v) is 12.3. The number of aromatic nitrogens is 3. The molecule has 6 heteroatoms. The summed E-state index contributed by atoms with van der Waals surface area (Å²) in [6.45, 7) is 3.40. The van der Waals surface area contributed by atoms with E-state index in [0.29, 0.717) is 19.7 Å². The second kappa shape index (κ2) is 7.54. The third kappa shape index (κ3) is 4.13. The van der Waals surface area contributed by atoms with Crippen LogP contribution < -0.4 is 0 Å². The van der Waals surface area contributed by atoms with E-state index in [4.69, 9.17) is 4.74 Å². The van der Waals surface area contributed by atoms with Crippen molar-refractivity contribution in [2.75, 3.05) is 20.3 Å². The molecule has 0 saturated carbocycles. The first-order chi connectivity index (χ1) is 10.2. The average molecular weight is 288 g/mol. The molecule has 6 nitrogen and oxygen atoms in total. The lowest BCUT2D eigenvalue weighted by molar-refractivity contribution is -0.135. The molecule has 2 aromatic heterocycles. The molecular weight excluding hydrogens is 268 g/mol. The molecular formula is C15H20N4O2. The first-order valence-electron chi connectivity index (χ1n) is 6.88. The maximum Gasteiger partial charge on any atom is 0.247 e. The summed E-state index contributed by atoms with van der Waals surface area (Å²) in [4.78, 5) is 18.5. The van der Waals surface area contributed by atoms with Crippen LogP contribution in [0.1, 0.15) is 18.5 Å². The van der Waals surface area contributed by atoms with E-state index < -0.39 is 0 Å². The van der Waals surface area contributed by atoms with Crippen molar-refractivity contribution in [3.05, 3.63) is 48.5 Å². The number of methoxy groups -OCH3 is 1. The molecule has 0 aromatic carbocycles. The van der Waals surface area contributed by atoms with E-state index in [9.17, 15) is 4.79 Å². The van der Waals surface area contributed by atoms with Crippen LogP contribution in [-0.2, 0) is 16.1 Å². The fourth-order valence-corrected chi connectivity index (χ4v) is 2.07. The number of pyridine rings is 1. The number of nitrogens with zero attached hydrogens (tertiary/aromatic N) is 4. The molecule has 2 aromatic rings. The van der Waals surface area contributed by atoms with Gasteiger partial charge in [-0.15, -0.1) is 0 Å². The first-order valence-corrected chi connectivity index (χ1v) is 6.88. The Morgan fingerprint density at radius 2 is 2.29 bits per heavy atom. The SMILES string of the molecule is COCCN(Cc1cccnc1)C(=O)C(C)n1cccn1. The van der Waals surface area contributed by atoms with Crippen molar-refractivity contribution in [2.45, 2.75) is 19.5 Å². The Balaban J connectivity index is 2.09. The molecule has 0 aliphatic rings. The van der Waals surface area contributed by atoms with Gasteiger partial charge in [0.2, 0.25) is 5.91 Å². The van der Waals surface area contributed by atoms with E-state index in [-0.39, 0.29) is 11.9 Å². The lowest BCUT2D eigenvalue weighted by atomic mass is 10.2. The van der Waals surface area contributed by atoms with Crippen LogP contribution in [0.25, 0.3) is 0 Å². The van der Waals surface area contributed by atoms with Crippen LogP contribution in [0.3, 0.4) is 0 Å². The number of carbonyl (C=O) groups is 1. The summed E-state index contributed by atoms with van der Waals surface area (Å²) in [6.07, 6.45) is 6.95. The zero-order valence-electron chi connectivity index (χ0n) is 12.3. The third-order valence-electron chi connectivity index (χ3n) is 3.25. The van der Waals surface area contributed by atoms with E-state index in [1.807, 2.05) is 25.1 Å². The largest absolute Gasteiger partial charge is 0.383 e. The van der Waals surface area contributed by atoms with Crippen molar-refractivity contribution in [2.24, 2.45) is 0 Å². The minimum atomic E-state index is -0.339. The molecule has 1 amide bonds. The molecule has 0 fully saturated rings. The molecule has 1 atom stereocenters. The number of amides is 1. The van der Waals surface area contributed by atoms with Crippen molar-refractivity contribution in [1.82, 2.24) is 19.7 Å². The van der Waals surface area contributed by atoms with E-state index in [0.717, 1.165) is 5.56 Å². The van der Waals surface area contributed by atoms with Crippen LogP contribution in [0.2, 0.25) is 0 Å². The number of rotatable bonds is 7. The highest BCUT2D eigenvalue weighted by Gasteiger charge is 2.22. The summed E-state index contributed by atoms with van der Waals surface area (Å²) in [5, 5.41) is 4.13. The highest BCUT2D eigenvalue weighted by atomic mass is 16.5. The Bertz CT molecular complexity index is 542. The predicted molar refractivity (Wildman–Crippen MR) is 78.5 cm³/mol. The molecule has 0 N–H and O–H groups in total. The van der Waals surface area contributed by atoms with Gasteiger partial charge >= 0.3 is 0 Å². The summed E-state index contributed by atoms with van der Waals surface area (Å²) in [5.41, 5.74) is 0.995. The second-order valence-corrected chi connectivity index (χ2v) is 4.78. The zero-order chi connectivity index (χ0) is 15.1. The molecule has 2 rings (SSSR count). The summed E-state index contributed by atoms with van der Waals surface area (Å²) < 4.78 is 6.76.